The van der Waals surface area contributed by atoms with E-state index in [0.29, 0.717) is 0 Å². The lowest BCUT2D eigenvalue weighted by atomic mass is 10.1. The van der Waals surface area contributed by atoms with Gasteiger partial charge >= 0.3 is 0 Å². The molecule has 1 nitrogen and oxygen atoms in total. The average molecular weight is 212 g/mol. The SMILES string of the molecule is C=C(C)C[N+](C)(C)CCCCCCCC. The van der Waals surface area contributed by atoms with Crippen LogP contribution in [0.3, 0.4) is 0 Å². The van der Waals surface area contributed by atoms with Gasteiger partial charge in [0.25, 0.3) is 0 Å². The van der Waals surface area contributed by atoms with Crippen molar-refractivity contribution >= 4 is 0 Å². The lowest BCUT2D eigenvalue weighted by molar-refractivity contribution is -0.885. The minimum Gasteiger partial charge on any atom is -0.325 e. The number of hydrogen-bond acceptors (Lipinski definition) is 0. The van der Waals surface area contributed by atoms with E-state index in [9.17, 15) is 0 Å². The molecule has 0 aliphatic carbocycles. The molecule has 0 fully saturated rings. The fraction of sp³-hybridized carbons (Fsp3) is 0.857. The van der Waals surface area contributed by atoms with Gasteiger partial charge in [-0.25, -0.2) is 0 Å². The molecular formula is C14H30N+. The van der Waals surface area contributed by atoms with Gasteiger partial charge in [-0.3, -0.25) is 0 Å². The summed E-state index contributed by atoms with van der Waals surface area (Å²) >= 11 is 0. The summed E-state index contributed by atoms with van der Waals surface area (Å²) < 4.78 is 1.10. The van der Waals surface area contributed by atoms with E-state index in [0.717, 1.165) is 11.0 Å². The zero-order valence-electron chi connectivity index (χ0n) is 11.3. The first-order chi connectivity index (χ1) is 6.98. The largest absolute Gasteiger partial charge is 0.325 e. The first-order valence-electron chi connectivity index (χ1n) is 6.44. The maximum atomic E-state index is 3.99. The lowest BCUT2D eigenvalue weighted by Crippen LogP contribution is -2.41. The van der Waals surface area contributed by atoms with E-state index in [4.69, 9.17) is 0 Å². The second-order valence-corrected chi connectivity index (χ2v) is 5.54. The van der Waals surface area contributed by atoms with E-state index in [1.54, 1.807) is 0 Å². The van der Waals surface area contributed by atoms with Crippen molar-refractivity contribution in [3.8, 4) is 0 Å². The molecular weight excluding hydrogens is 182 g/mol. The number of nitrogens with zero attached hydrogens (tertiary/aromatic N) is 1. The predicted octanol–water partition coefficient (Wildman–Crippen LogP) is 4.00. The van der Waals surface area contributed by atoms with Gasteiger partial charge in [0.05, 0.1) is 27.2 Å². The van der Waals surface area contributed by atoms with Crippen molar-refractivity contribution < 1.29 is 4.48 Å². The van der Waals surface area contributed by atoms with Crippen molar-refractivity contribution in [2.75, 3.05) is 27.2 Å². The maximum Gasteiger partial charge on any atom is 0.0993 e. The number of unbranched alkanes of at least 4 members (excludes halogenated alkanes) is 5. The van der Waals surface area contributed by atoms with Gasteiger partial charge in [0, 0.05) is 0 Å². The van der Waals surface area contributed by atoms with Gasteiger partial charge in [0.2, 0.25) is 0 Å². The Morgan fingerprint density at radius 3 is 2.07 bits per heavy atom. The predicted molar refractivity (Wildman–Crippen MR) is 70.0 cm³/mol. The van der Waals surface area contributed by atoms with E-state index in [1.165, 1.54) is 50.6 Å². The molecule has 0 spiro atoms. The Hall–Kier alpha value is -0.300. The molecule has 0 saturated carbocycles. The van der Waals surface area contributed by atoms with Crippen LogP contribution in [0.25, 0.3) is 0 Å². The molecule has 0 amide bonds. The molecule has 0 bridgehead atoms. The van der Waals surface area contributed by atoms with Crippen LogP contribution in [-0.2, 0) is 0 Å². The highest BCUT2D eigenvalue weighted by atomic mass is 15.3. The fourth-order valence-electron chi connectivity index (χ4n) is 2.13. The van der Waals surface area contributed by atoms with Gasteiger partial charge in [-0.2, -0.15) is 0 Å². The smallest absolute Gasteiger partial charge is 0.0993 e. The van der Waals surface area contributed by atoms with Gasteiger partial charge in [-0.1, -0.05) is 39.2 Å². The maximum absolute atomic E-state index is 3.99. The summed E-state index contributed by atoms with van der Waals surface area (Å²) in [4.78, 5) is 0. The third kappa shape index (κ3) is 9.99. The standard InChI is InChI=1S/C14H30N/c1-6-7-8-9-10-11-12-15(4,5)13-14(2)3/h2,6-13H2,1,3-5H3/q+1. The summed E-state index contributed by atoms with van der Waals surface area (Å²) in [5, 5.41) is 0. The van der Waals surface area contributed by atoms with Crippen LogP contribution in [-0.4, -0.2) is 31.7 Å². The second-order valence-electron chi connectivity index (χ2n) is 5.54. The van der Waals surface area contributed by atoms with Crippen LogP contribution in [0.15, 0.2) is 12.2 Å². The Kier molecular flexibility index (Phi) is 7.76. The summed E-state index contributed by atoms with van der Waals surface area (Å²) in [6.07, 6.45) is 8.36. The summed E-state index contributed by atoms with van der Waals surface area (Å²) in [6, 6.07) is 0. The number of rotatable bonds is 9. The summed E-state index contributed by atoms with van der Waals surface area (Å²) in [5.41, 5.74) is 1.30. The Morgan fingerprint density at radius 2 is 1.53 bits per heavy atom. The Bertz CT molecular complexity index is 170. The van der Waals surface area contributed by atoms with Gasteiger partial charge in [0.1, 0.15) is 0 Å². The summed E-state index contributed by atoms with van der Waals surface area (Å²) in [5.74, 6) is 0. The third-order valence-electron chi connectivity index (χ3n) is 2.81. The van der Waals surface area contributed by atoms with Crippen LogP contribution < -0.4 is 0 Å². The first kappa shape index (κ1) is 14.7. The highest BCUT2D eigenvalue weighted by Gasteiger charge is 2.13. The quantitative estimate of drug-likeness (QED) is 0.308. The molecule has 0 aromatic rings. The molecule has 0 aliphatic rings. The lowest BCUT2D eigenvalue weighted by Gasteiger charge is -2.30. The number of likely N-dealkylation sites (N-methyl/N-ethyl adjacent to an activating group) is 1. The van der Waals surface area contributed by atoms with Crippen molar-refractivity contribution in [2.45, 2.75) is 52.4 Å². The van der Waals surface area contributed by atoms with E-state index < -0.39 is 0 Å². The van der Waals surface area contributed by atoms with Crippen molar-refractivity contribution in [2.24, 2.45) is 0 Å². The topological polar surface area (TPSA) is 0 Å². The highest BCUT2D eigenvalue weighted by Crippen LogP contribution is 2.09. The van der Waals surface area contributed by atoms with Crippen LogP contribution in [0, 0.1) is 0 Å². The van der Waals surface area contributed by atoms with Gasteiger partial charge in [-0.15, -0.1) is 0 Å². The molecule has 0 radical (unpaired) electrons. The monoisotopic (exact) mass is 212 g/mol. The van der Waals surface area contributed by atoms with E-state index >= 15 is 0 Å². The van der Waals surface area contributed by atoms with E-state index in [2.05, 4.69) is 34.5 Å². The minimum absolute atomic E-state index is 1.10. The van der Waals surface area contributed by atoms with Crippen molar-refractivity contribution in [1.29, 1.82) is 0 Å². The molecule has 1 heteroatoms. The van der Waals surface area contributed by atoms with Crippen LogP contribution >= 0.6 is 0 Å². The number of hydrogen-bond donors (Lipinski definition) is 0. The Balaban J connectivity index is 3.44. The molecule has 15 heavy (non-hydrogen) atoms. The molecule has 0 aliphatic heterocycles. The third-order valence-corrected chi connectivity index (χ3v) is 2.81. The van der Waals surface area contributed by atoms with Gasteiger partial charge < -0.3 is 4.48 Å². The molecule has 90 valence electrons. The zero-order chi connectivity index (χ0) is 11.7. The second kappa shape index (κ2) is 7.92. The zero-order valence-corrected chi connectivity index (χ0v) is 11.3. The van der Waals surface area contributed by atoms with Crippen LogP contribution in [0.4, 0.5) is 0 Å². The highest BCUT2D eigenvalue weighted by molar-refractivity contribution is 4.87. The summed E-state index contributed by atoms with van der Waals surface area (Å²) in [7, 11) is 4.61. The molecule has 0 unspecified atom stereocenters. The molecule has 0 N–H and O–H groups in total. The van der Waals surface area contributed by atoms with Gasteiger partial charge in [0.15, 0.2) is 0 Å². The minimum atomic E-state index is 1.10. The molecule has 0 rings (SSSR count). The van der Waals surface area contributed by atoms with E-state index in [-0.39, 0.29) is 0 Å². The van der Waals surface area contributed by atoms with Crippen LogP contribution in [0.1, 0.15) is 52.4 Å². The Labute approximate surface area is 96.8 Å². The Morgan fingerprint density at radius 1 is 1.00 bits per heavy atom. The van der Waals surface area contributed by atoms with Crippen LogP contribution in [0.5, 0.6) is 0 Å². The number of quaternary nitrogens is 1. The van der Waals surface area contributed by atoms with Crippen molar-refractivity contribution in [1.82, 2.24) is 0 Å². The average Bonchev–Trinajstić information content (AvgIpc) is 2.08. The van der Waals surface area contributed by atoms with E-state index in [1.807, 2.05) is 0 Å². The van der Waals surface area contributed by atoms with Crippen molar-refractivity contribution in [3.63, 3.8) is 0 Å². The fourth-order valence-corrected chi connectivity index (χ4v) is 2.13. The van der Waals surface area contributed by atoms with Gasteiger partial charge in [-0.05, 0) is 25.3 Å². The molecule has 0 atom stereocenters. The molecule has 0 aromatic heterocycles. The normalized spacial score (nSPS) is 11.7. The molecule has 0 heterocycles. The van der Waals surface area contributed by atoms with Crippen molar-refractivity contribution in [3.05, 3.63) is 12.2 Å². The molecule has 0 aromatic carbocycles. The summed E-state index contributed by atoms with van der Waals surface area (Å²) in [6.45, 7) is 10.8. The first-order valence-corrected chi connectivity index (χ1v) is 6.44. The van der Waals surface area contributed by atoms with Crippen LogP contribution in [0.2, 0.25) is 0 Å². The molecule has 0 saturated heterocycles.